The quantitative estimate of drug-likeness (QED) is 0.615. The number of nitrogens with one attached hydrogen (secondary N) is 2. The molecule has 2 N–H and O–H groups in total. The zero-order chi connectivity index (χ0) is 12.0. The highest BCUT2D eigenvalue weighted by atomic mass is 127. The summed E-state index contributed by atoms with van der Waals surface area (Å²) in [6, 6.07) is 3.87. The second-order valence-electron chi connectivity index (χ2n) is 3.83. The minimum atomic E-state index is 0.0478. The lowest BCUT2D eigenvalue weighted by Gasteiger charge is -2.07. The molecule has 0 bridgehead atoms. The number of rotatable bonds is 6. The molecule has 0 spiro atoms. The van der Waals surface area contributed by atoms with Gasteiger partial charge in [-0.25, -0.2) is 0 Å². The number of furan rings is 1. The van der Waals surface area contributed by atoms with Crippen molar-refractivity contribution >= 4 is 28.5 Å². The first-order valence-electron chi connectivity index (χ1n) is 5.32. The lowest BCUT2D eigenvalue weighted by molar-refractivity contribution is -0.123. The fraction of sp³-hybridized carbons (Fsp3) is 0.545. The minimum Gasteiger partial charge on any atom is -0.454 e. The first-order chi connectivity index (χ1) is 7.59. The van der Waals surface area contributed by atoms with E-state index in [1.807, 2.05) is 26.0 Å². The molecule has 16 heavy (non-hydrogen) atoms. The normalized spacial score (nSPS) is 10.8. The summed E-state index contributed by atoms with van der Waals surface area (Å²) >= 11 is 2.13. The lowest BCUT2D eigenvalue weighted by Crippen LogP contribution is -2.34. The van der Waals surface area contributed by atoms with Gasteiger partial charge in [-0.05, 0) is 34.7 Å². The fourth-order valence-electron chi connectivity index (χ4n) is 1.14. The van der Waals surface area contributed by atoms with E-state index < -0.39 is 0 Å². The molecule has 1 aromatic rings. The molecule has 5 heteroatoms. The Balaban J connectivity index is 2.06. The number of carbonyl (C=O) groups excluding carboxylic acids is 1. The third-order valence-electron chi connectivity index (χ3n) is 2.05. The predicted octanol–water partition coefficient (Wildman–Crippen LogP) is 1.75. The predicted molar refractivity (Wildman–Crippen MR) is 71.0 cm³/mol. The summed E-state index contributed by atoms with van der Waals surface area (Å²) < 4.78 is 6.28. The Hall–Kier alpha value is -0.560. The van der Waals surface area contributed by atoms with Crippen molar-refractivity contribution in [1.82, 2.24) is 10.6 Å². The summed E-state index contributed by atoms with van der Waals surface area (Å²) in [4.78, 5) is 11.2. The van der Waals surface area contributed by atoms with Gasteiger partial charge >= 0.3 is 0 Å². The Morgan fingerprint density at radius 3 is 2.75 bits per heavy atom. The van der Waals surface area contributed by atoms with Gasteiger partial charge in [0, 0.05) is 19.0 Å². The highest BCUT2D eigenvalue weighted by Crippen LogP contribution is 2.09. The number of hydrogen-bond acceptors (Lipinski definition) is 3. The van der Waals surface area contributed by atoms with Crippen molar-refractivity contribution in [3.63, 3.8) is 0 Å². The first-order valence-corrected chi connectivity index (χ1v) is 6.40. The Morgan fingerprint density at radius 1 is 1.44 bits per heavy atom. The standard InChI is InChI=1S/C11H17IN2O2/c1-8(2)11(15)14-6-5-13-7-9-3-4-10(12)16-9/h3-4,8,13H,5-7H2,1-2H3,(H,14,15). The van der Waals surface area contributed by atoms with Crippen LogP contribution in [0.25, 0.3) is 0 Å². The van der Waals surface area contributed by atoms with Crippen LogP contribution >= 0.6 is 22.6 Å². The Morgan fingerprint density at radius 2 is 2.19 bits per heavy atom. The summed E-state index contributed by atoms with van der Waals surface area (Å²) in [5.41, 5.74) is 0. The number of hydrogen-bond donors (Lipinski definition) is 2. The molecule has 0 fully saturated rings. The van der Waals surface area contributed by atoms with E-state index in [0.717, 1.165) is 16.1 Å². The van der Waals surface area contributed by atoms with Gasteiger partial charge in [0.1, 0.15) is 5.76 Å². The van der Waals surface area contributed by atoms with Gasteiger partial charge in [-0.3, -0.25) is 4.79 Å². The van der Waals surface area contributed by atoms with Crippen LogP contribution in [0.1, 0.15) is 19.6 Å². The van der Waals surface area contributed by atoms with Crippen molar-refractivity contribution < 1.29 is 9.21 Å². The molecular weight excluding hydrogens is 319 g/mol. The topological polar surface area (TPSA) is 54.3 Å². The Labute approximate surface area is 109 Å². The van der Waals surface area contributed by atoms with E-state index in [1.54, 1.807) is 0 Å². The molecule has 1 heterocycles. The monoisotopic (exact) mass is 336 g/mol. The minimum absolute atomic E-state index is 0.0478. The maximum absolute atomic E-state index is 11.2. The number of amides is 1. The Bertz CT molecular complexity index is 336. The van der Waals surface area contributed by atoms with Crippen LogP contribution in [0.3, 0.4) is 0 Å². The van der Waals surface area contributed by atoms with Crippen molar-refractivity contribution in [2.75, 3.05) is 13.1 Å². The summed E-state index contributed by atoms with van der Waals surface area (Å²) in [7, 11) is 0. The van der Waals surface area contributed by atoms with Crippen LogP contribution in [-0.2, 0) is 11.3 Å². The molecule has 90 valence electrons. The molecule has 0 saturated carbocycles. The van der Waals surface area contributed by atoms with Crippen LogP contribution in [0.15, 0.2) is 16.5 Å². The third kappa shape index (κ3) is 4.98. The summed E-state index contributed by atoms with van der Waals surface area (Å²) in [5.74, 6) is 1.06. The van der Waals surface area contributed by atoms with Crippen molar-refractivity contribution in [2.45, 2.75) is 20.4 Å². The average molecular weight is 336 g/mol. The molecule has 0 aliphatic rings. The third-order valence-corrected chi connectivity index (χ3v) is 2.63. The van der Waals surface area contributed by atoms with E-state index in [1.165, 1.54) is 0 Å². The van der Waals surface area contributed by atoms with Gasteiger partial charge in [0.2, 0.25) is 5.91 Å². The van der Waals surface area contributed by atoms with Crippen molar-refractivity contribution in [2.24, 2.45) is 5.92 Å². The maximum atomic E-state index is 11.2. The van der Waals surface area contributed by atoms with Crippen LogP contribution in [0, 0.1) is 9.68 Å². The highest BCUT2D eigenvalue weighted by Gasteiger charge is 2.04. The van der Waals surface area contributed by atoms with Crippen LogP contribution in [0.5, 0.6) is 0 Å². The maximum Gasteiger partial charge on any atom is 0.222 e. The fourth-order valence-corrected chi connectivity index (χ4v) is 1.60. The van der Waals surface area contributed by atoms with E-state index in [0.29, 0.717) is 13.1 Å². The molecule has 1 rings (SSSR count). The van der Waals surface area contributed by atoms with E-state index >= 15 is 0 Å². The van der Waals surface area contributed by atoms with Crippen molar-refractivity contribution in [1.29, 1.82) is 0 Å². The van der Waals surface area contributed by atoms with Gasteiger partial charge in [0.15, 0.2) is 3.77 Å². The molecular formula is C11H17IN2O2. The molecule has 4 nitrogen and oxygen atoms in total. The zero-order valence-corrected chi connectivity index (χ0v) is 11.7. The van der Waals surface area contributed by atoms with Crippen molar-refractivity contribution in [3.05, 3.63) is 21.7 Å². The van der Waals surface area contributed by atoms with Gasteiger partial charge in [-0.1, -0.05) is 13.8 Å². The van der Waals surface area contributed by atoms with E-state index in [9.17, 15) is 4.79 Å². The van der Waals surface area contributed by atoms with Gasteiger partial charge in [0.05, 0.1) is 6.54 Å². The lowest BCUT2D eigenvalue weighted by atomic mass is 10.2. The van der Waals surface area contributed by atoms with Crippen LogP contribution in [-0.4, -0.2) is 19.0 Å². The van der Waals surface area contributed by atoms with Gasteiger partial charge in [-0.2, -0.15) is 0 Å². The van der Waals surface area contributed by atoms with Crippen LogP contribution in [0.2, 0.25) is 0 Å². The van der Waals surface area contributed by atoms with Crippen molar-refractivity contribution in [3.8, 4) is 0 Å². The summed E-state index contributed by atoms with van der Waals surface area (Å²) in [6.45, 7) is 5.85. The summed E-state index contributed by atoms with van der Waals surface area (Å²) in [5, 5.41) is 6.04. The largest absolute Gasteiger partial charge is 0.454 e. The van der Waals surface area contributed by atoms with E-state index in [-0.39, 0.29) is 11.8 Å². The molecule has 0 saturated heterocycles. The average Bonchev–Trinajstić information content (AvgIpc) is 2.63. The van der Waals surface area contributed by atoms with E-state index in [2.05, 4.69) is 33.2 Å². The SMILES string of the molecule is CC(C)C(=O)NCCNCc1ccc(I)o1. The molecule has 0 radical (unpaired) electrons. The molecule has 0 aromatic carbocycles. The molecule has 1 amide bonds. The molecule has 0 atom stereocenters. The highest BCUT2D eigenvalue weighted by molar-refractivity contribution is 14.1. The van der Waals surface area contributed by atoms with Gasteiger partial charge < -0.3 is 15.1 Å². The van der Waals surface area contributed by atoms with Gasteiger partial charge in [-0.15, -0.1) is 0 Å². The summed E-state index contributed by atoms with van der Waals surface area (Å²) in [6.07, 6.45) is 0. The second kappa shape index (κ2) is 6.90. The first kappa shape index (κ1) is 13.5. The molecule has 0 aliphatic carbocycles. The Kier molecular flexibility index (Phi) is 5.83. The van der Waals surface area contributed by atoms with Crippen LogP contribution < -0.4 is 10.6 Å². The van der Waals surface area contributed by atoms with Crippen LogP contribution in [0.4, 0.5) is 0 Å². The zero-order valence-electron chi connectivity index (χ0n) is 9.55. The van der Waals surface area contributed by atoms with E-state index in [4.69, 9.17) is 4.42 Å². The number of halogens is 1. The smallest absolute Gasteiger partial charge is 0.222 e. The second-order valence-corrected chi connectivity index (χ2v) is 4.89. The van der Waals surface area contributed by atoms with Gasteiger partial charge in [0.25, 0.3) is 0 Å². The number of carbonyl (C=O) groups is 1. The molecule has 0 unspecified atom stereocenters. The molecule has 1 aromatic heterocycles. The molecule has 0 aliphatic heterocycles.